The molecule has 20 heavy (non-hydrogen) atoms. The molecule has 2 atom stereocenters. The molecule has 108 valence electrons. The Kier molecular flexibility index (Phi) is 3.76. The number of nitrogens with two attached hydrogens (primary N) is 1. The van der Waals surface area contributed by atoms with Gasteiger partial charge in [0.2, 0.25) is 5.91 Å². The van der Waals surface area contributed by atoms with Crippen LogP contribution < -0.4 is 10.6 Å². The predicted octanol–water partition coefficient (Wildman–Crippen LogP) is 2.02. The summed E-state index contributed by atoms with van der Waals surface area (Å²) in [6.07, 6.45) is 3.64. The molecule has 1 fully saturated rings. The molecular formula is C16H22N2O2. The average Bonchev–Trinajstić information content (AvgIpc) is 2.51. The summed E-state index contributed by atoms with van der Waals surface area (Å²) in [6, 6.07) is 6.30. The van der Waals surface area contributed by atoms with E-state index in [0.717, 1.165) is 38.2 Å². The fourth-order valence-electron chi connectivity index (χ4n) is 3.20. The minimum atomic E-state index is 0.0311. The van der Waals surface area contributed by atoms with E-state index in [2.05, 4.69) is 12.1 Å². The molecule has 3 rings (SSSR count). The number of rotatable bonds is 2. The van der Waals surface area contributed by atoms with E-state index in [-0.39, 0.29) is 11.9 Å². The minimum absolute atomic E-state index is 0.0311. The van der Waals surface area contributed by atoms with Crippen LogP contribution >= 0.6 is 0 Å². The number of fused-ring (bicyclic) bond motifs is 1. The fraction of sp³-hybridized carbons (Fsp3) is 0.562. The van der Waals surface area contributed by atoms with E-state index in [9.17, 15) is 4.79 Å². The summed E-state index contributed by atoms with van der Waals surface area (Å²) in [7, 11) is 1.84. The molecule has 1 aromatic carbocycles. The highest BCUT2D eigenvalue weighted by atomic mass is 16.5. The Morgan fingerprint density at radius 2 is 2.25 bits per heavy atom. The van der Waals surface area contributed by atoms with E-state index < -0.39 is 0 Å². The van der Waals surface area contributed by atoms with Gasteiger partial charge in [-0.25, -0.2) is 0 Å². The number of nitrogens with zero attached hydrogens (tertiary/aromatic N) is 1. The van der Waals surface area contributed by atoms with Crippen LogP contribution in [0.5, 0.6) is 0 Å². The second kappa shape index (κ2) is 5.54. The van der Waals surface area contributed by atoms with E-state index >= 15 is 0 Å². The highest BCUT2D eigenvalue weighted by Crippen LogP contribution is 2.32. The molecule has 4 heteroatoms. The first-order valence-corrected chi connectivity index (χ1v) is 7.39. The summed E-state index contributed by atoms with van der Waals surface area (Å²) in [5.41, 5.74) is 9.83. The van der Waals surface area contributed by atoms with Crippen molar-refractivity contribution in [2.45, 2.75) is 31.7 Å². The number of anilines is 1. The van der Waals surface area contributed by atoms with Crippen LogP contribution in [0.3, 0.4) is 0 Å². The van der Waals surface area contributed by atoms with Gasteiger partial charge in [0.15, 0.2) is 0 Å². The first kappa shape index (κ1) is 13.6. The first-order valence-electron chi connectivity index (χ1n) is 7.39. The van der Waals surface area contributed by atoms with Gasteiger partial charge in [-0.15, -0.1) is 0 Å². The van der Waals surface area contributed by atoms with Gasteiger partial charge in [-0.1, -0.05) is 12.1 Å². The van der Waals surface area contributed by atoms with E-state index in [0.29, 0.717) is 12.3 Å². The van der Waals surface area contributed by atoms with Crippen molar-refractivity contribution in [1.82, 2.24) is 0 Å². The summed E-state index contributed by atoms with van der Waals surface area (Å²) >= 11 is 0. The smallest absolute Gasteiger partial charge is 0.227 e. The van der Waals surface area contributed by atoms with Gasteiger partial charge in [0.1, 0.15) is 0 Å². The highest BCUT2D eigenvalue weighted by molar-refractivity contribution is 5.95. The van der Waals surface area contributed by atoms with Crippen molar-refractivity contribution in [3.05, 3.63) is 29.3 Å². The molecule has 2 heterocycles. The number of aryl methyl sites for hydroxylation is 1. The molecule has 1 saturated heterocycles. The van der Waals surface area contributed by atoms with Gasteiger partial charge >= 0.3 is 0 Å². The second-order valence-corrected chi connectivity index (χ2v) is 5.84. The number of carbonyl (C=O) groups is 1. The zero-order valence-electron chi connectivity index (χ0n) is 12.0. The van der Waals surface area contributed by atoms with E-state index in [1.807, 2.05) is 13.1 Å². The van der Waals surface area contributed by atoms with Crippen LogP contribution in [0.15, 0.2) is 18.2 Å². The van der Waals surface area contributed by atoms with Crippen LogP contribution in [0, 0.1) is 5.92 Å². The summed E-state index contributed by atoms with van der Waals surface area (Å²) < 4.78 is 5.54. The van der Waals surface area contributed by atoms with Crippen molar-refractivity contribution in [1.29, 1.82) is 0 Å². The van der Waals surface area contributed by atoms with Crippen LogP contribution in [-0.4, -0.2) is 26.2 Å². The third-order valence-electron chi connectivity index (χ3n) is 4.54. The third-order valence-corrected chi connectivity index (χ3v) is 4.54. The molecule has 2 aliphatic heterocycles. The van der Waals surface area contributed by atoms with Crippen molar-refractivity contribution in [3.63, 3.8) is 0 Å². The Hall–Kier alpha value is -1.39. The number of amides is 1. The van der Waals surface area contributed by atoms with Crippen molar-refractivity contribution >= 4 is 11.6 Å². The Morgan fingerprint density at radius 1 is 1.40 bits per heavy atom. The molecule has 0 aromatic heterocycles. The first-order chi connectivity index (χ1) is 9.66. The monoisotopic (exact) mass is 274 g/mol. The quantitative estimate of drug-likeness (QED) is 0.897. The van der Waals surface area contributed by atoms with Gasteiger partial charge in [-0.2, -0.15) is 0 Å². The Morgan fingerprint density at radius 3 is 3.00 bits per heavy atom. The molecule has 0 bridgehead atoms. The lowest BCUT2D eigenvalue weighted by atomic mass is 9.87. The zero-order chi connectivity index (χ0) is 14.1. The summed E-state index contributed by atoms with van der Waals surface area (Å²) in [6.45, 7) is 1.62. The SMILES string of the molecule is CN1C(=O)CCc2cc(C(N)C3CCCOC3)ccc21. The fourth-order valence-corrected chi connectivity index (χ4v) is 3.20. The average molecular weight is 274 g/mol. The van der Waals surface area contributed by atoms with Crippen LogP contribution in [0.25, 0.3) is 0 Å². The maximum absolute atomic E-state index is 11.7. The second-order valence-electron chi connectivity index (χ2n) is 5.84. The van der Waals surface area contributed by atoms with Crippen molar-refractivity contribution < 1.29 is 9.53 Å². The van der Waals surface area contributed by atoms with Gasteiger partial charge < -0.3 is 15.4 Å². The van der Waals surface area contributed by atoms with Gasteiger partial charge in [0.25, 0.3) is 0 Å². The molecule has 4 nitrogen and oxygen atoms in total. The van der Waals surface area contributed by atoms with Gasteiger partial charge in [0, 0.05) is 37.7 Å². The molecule has 1 amide bonds. The summed E-state index contributed by atoms with van der Waals surface area (Å²) in [4.78, 5) is 13.5. The predicted molar refractivity (Wildman–Crippen MR) is 78.6 cm³/mol. The summed E-state index contributed by atoms with van der Waals surface area (Å²) in [5.74, 6) is 0.597. The molecule has 0 spiro atoms. The molecule has 1 aromatic rings. The topological polar surface area (TPSA) is 55.6 Å². The lowest BCUT2D eigenvalue weighted by Crippen LogP contribution is -2.32. The number of hydrogen-bond donors (Lipinski definition) is 1. The van der Waals surface area contributed by atoms with E-state index in [4.69, 9.17) is 10.5 Å². The van der Waals surface area contributed by atoms with Crippen molar-refractivity contribution in [3.8, 4) is 0 Å². The standard InChI is InChI=1S/C16H22N2O2/c1-18-14-6-4-12(9-11(14)5-7-15(18)19)16(17)13-3-2-8-20-10-13/h4,6,9,13,16H,2-3,5,7-8,10,17H2,1H3. The number of carbonyl (C=O) groups excluding carboxylic acids is 1. The Balaban J connectivity index is 1.83. The Labute approximate surface area is 119 Å². The third kappa shape index (κ3) is 2.45. The van der Waals surface area contributed by atoms with E-state index in [1.54, 1.807) is 4.90 Å². The number of hydrogen-bond acceptors (Lipinski definition) is 3. The molecular weight excluding hydrogens is 252 g/mol. The van der Waals surface area contributed by atoms with Crippen molar-refractivity contribution in [2.24, 2.45) is 11.7 Å². The number of ether oxygens (including phenoxy) is 1. The lowest BCUT2D eigenvalue weighted by Gasteiger charge is -2.30. The van der Waals surface area contributed by atoms with Crippen molar-refractivity contribution in [2.75, 3.05) is 25.2 Å². The maximum atomic E-state index is 11.7. The lowest BCUT2D eigenvalue weighted by molar-refractivity contribution is -0.118. The molecule has 0 radical (unpaired) electrons. The largest absolute Gasteiger partial charge is 0.381 e. The molecule has 2 N–H and O–H groups in total. The minimum Gasteiger partial charge on any atom is -0.381 e. The normalized spacial score (nSPS) is 24.4. The van der Waals surface area contributed by atoms with E-state index in [1.165, 1.54) is 11.1 Å². The van der Waals surface area contributed by atoms with Gasteiger partial charge in [-0.3, -0.25) is 4.79 Å². The van der Waals surface area contributed by atoms with Crippen LogP contribution in [-0.2, 0) is 16.0 Å². The maximum Gasteiger partial charge on any atom is 0.227 e. The molecule has 0 aliphatic carbocycles. The van der Waals surface area contributed by atoms with Crippen LogP contribution in [0.1, 0.15) is 36.4 Å². The van der Waals surface area contributed by atoms with Crippen LogP contribution in [0.2, 0.25) is 0 Å². The Bertz CT molecular complexity index is 509. The van der Waals surface area contributed by atoms with Gasteiger partial charge in [-0.05, 0) is 36.5 Å². The molecule has 0 saturated carbocycles. The highest BCUT2D eigenvalue weighted by Gasteiger charge is 2.25. The molecule has 2 aliphatic rings. The van der Waals surface area contributed by atoms with Crippen LogP contribution in [0.4, 0.5) is 5.69 Å². The molecule has 2 unspecified atom stereocenters. The zero-order valence-corrected chi connectivity index (χ0v) is 12.0. The number of benzene rings is 1. The summed E-state index contributed by atoms with van der Waals surface area (Å²) in [5, 5.41) is 0. The van der Waals surface area contributed by atoms with Gasteiger partial charge in [0.05, 0.1) is 6.61 Å².